The zero-order chi connectivity index (χ0) is 15.6. The van der Waals surface area contributed by atoms with Crippen molar-refractivity contribution in [3.05, 3.63) is 53.2 Å². The number of rotatable bonds is 4. The van der Waals surface area contributed by atoms with Gasteiger partial charge in [-0.15, -0.1) is 0 Å². The number of nitrogens with two attached hydrogens (primary N) is 1. The largest absolute Gasteiger partial charge is 0.326 e. The molecule has 2 rings (SSSR count). The van der Waals surface area contributed by atoms with Crippen molar-refractivity contribution in [3.8, 4) is 0 Å². The maximum absolute atomic E-state index is 13.8. The quantitative estimate of drug-likeness (QED) is 0.903. The van der Waals surface area contributed by atoms with Gasteiger partial charge < -0.3 is 5.73 Å². The van der Waals surface area contributed by atoms with Crippen molar-refractivity contribution in [2.24, 2.45) is 5.73 Å². The van der Waals surface area contributed by atoms with E-state index in [1.807, 2.05) is 4.72 Å². The van der Waals surface area contributed by atoms with E-state index in [9.17, 15) is 17.2 Å². The monoisotopic (exact) mass is 313 g/mol. The van der Waals surface area contributed by atoms with E-state index in [0.717, 1.165) is 6.07 Å². The number of nitrogens with zero attached hydrogens (tertiary/aromatic N) is 1. The van der Waals surface area contributed by atoms with Crippen LogP contribution in [-0.2, 0) is 16.6 Å². The van der Waals surface area contributed by atoms with Gasteiger partial charge >= 0.3 is 0 Å². The first kappa shape index (κ1) is 15.3. The van der Waals surface area contributed by atoms with Crippen molar-refractivity contribution in [1.29, 1.82) is 0 Å². The lowest BCUT2D eigenvalue weighted by Gasteiger charge is -2.10. The van der Waals surface area contributed by atoms with Gasteiger partial charge in [-0.05, 0) is 30.2 Å². The van der Waals surface area contributed by atoms with E-state index in [-0.39, 0.29) is 17.1 Å². The van der Waals surface area contributed by atoms with E-state index in [0.29, 0.717) is 5.56 Å². The number of halogens is 2. The molecule has 21 heavy (non-hydrogen) atoms. The molecule has 112 valence electrons. The Morgan fingerprint density at radius 2 is 1.95 bits per heavy atom. The normalized spacial score (nSPS) is 11.4. The molecule has 0 saturated carbocycles. The summed E-state index contributed by atoms with van der Waals surface area (Å²) in [6.45, 7) is 1.61. The minimum Gasteiger partial charge on any atom is -0.326 e. The molecule has 0 bridgehead atoms. The lowest BCUT2D eigenvalue weighted by Crippen LogP contribution is -2.17. The maximum atomic E-state index is 13.8. The van der Waals surface area contributed by atoms with Crippen LogP contribution >= 0.6 is 0 Å². The first-order valence-corrected chi connectivity index (χ1v) is 7.46. The molecule has 1 aromatic heterocycles. The molecular weight excluding hydrogens is 300 g/mol. The predicted molar refractivity (Wildman–Crippen MR) is 74.0 cm³/mol. The van der Waals surface area contributed by atoms with E-state index in [4.69, 9.17) is 5.73 Å². The standard InChI is InChI=1S/C13H13F2N3O2S/c1-8-2-4-10(14)13(12(8)15)18-21(19,20)11-5-3-9(6-16)7-17-11/h2-5,7,18H,6,16H2,1H3. The summed E-state index contributed by atoms with van der Waals surface area (Å²) in [7, 11) is -4.18. The number of sulfonamides is 1. The van der Waals surface area contributed by atoms with Crippen molar-refractivity contribution < 1.29 is 17.2 Å². The Morgan fingerprint density at radius 1 is 1.24 bits per heavy atom. The molecule has 0 saturated heterocycles. The summed E-state index contributed by atoms with van der Waals surface area (Å²) in [6.07, 6.45) is 1.29. The third-order valence-electron chi connectivity index (χ3n) is 2.83. The summed E-state index contributed by atoms with van der Waals surface area (Å²) in [6, 6.07) is 4.90. The molecule has 1 heterocycles. The van der Waals surface area contributed by atoms with Gasteiger partial charge in [-0.2, -0.15) is 8.42 Å². The lowest BCUT2D eigenvalue weighted by molar-refractivity contribution is 0.577. The second kappa shape index (κ2) is 5.74. The van der Waals surface area contributed by atoms with Crippen LogP contribution in [0, 0.1) is 18.6 Å². The number of benzene rings is 1. The Hall–Kier alpha value is -2.06. The van der Waals surface area contributed by atoms with Crippen LogP contribution in [0.3, 0.4) is 0 Å². The van der Waals surface area contributed by atoms with Crippen molar-refractivity contribution in [1.82, 2.24) is 4.98 Å². The molecule has 3 N–H and O–H groups in total. The smallest absolute Gasteiger partial charge is 0.279 e. The minimum atomic E-state index is -4.18. The van der Waals surface area contributed by atoms with Crippen molar-refractivity contribution in [2.45, 2.75) is 18.5 Å². The molecule has 1 aromatic carbocycles. The van der Waals surface area contributed by atoms with Crippen LogP contribution < -0.4 is 10.5 Å². The number of anilines is 1. The number of nitrogens with one attached hydrogen (secondary N) is 1. The van der Waals surface area contributed by atoms with Crippen molar-refractivity contribution >= 4 is 15.7 Å². The van der Waals surface area contributed by atoms with Crippen LogP contribution in [0.4, 0.5) is 14.5 Å². The Kier molecular flexibility index (Phi) is 4.19. The van der Waals surface area contributed by atoms with Crippen LogP contribution in [0.25, 0.3) is 0 Å². The van der Waals surface area contributed by atoms with Gasteiger partial charge in [0.15, 0.2) is 10.8 Å². The highest BCUT2D eigenvalue weighted by molar-refractivity contribution is 7.92. The topological polar surface area (TPSA) is 85.1 Å². The van der Waals surface area contributed by atoms with Gasteiger partial charge in [0, 0.05) is 12.7 Å². The molecule has 0 aliphatic heterocycles. The zero-order valence-electron chi connectivity index (χ0n) is 11.1. The van der Waals surface area contributed by atoms with Gasteiger partial charge in [0.2, 0.25) is 0 Å². The average Bonchev–Trinajstić information content (AvgIpc) is 2.48. The molecule has 0 atom stereocenters. The fourth-order valence-electron chi connectivity index (χ4n) is 1.63. The fraction of sp³-hybridized carbons (Fsp3) is 0.154. The first-order valence-electron chi connectivity index (χ1n) is 5.97. The highest BCUT2D eigenvalue weighted by atomic mass is 32.2. The molecule has 0 amide bonds. The molecule has 0 spiro atoms. The molecule has 5 nitrogen and oxygen atoms in total. The van der Waals surface area contributed by atoms with Crippen LogP contribution in [0.2, 0.25) is 0 Å². The number of pyridine rings is 1. The molecule has 8 heteroatoms. The summed E-state index contributed by atoms with van der Waals surface area (Å²) in [5, 5.41) is -0.347. The van der Waals surface area contributed by atoms with Gasteiger partial charge in [-0.25, -0.2) is 13.8 Å². The first-order chi connectivity index (χ1) is 9.85. The van der Waals surface area contributed by atoms with Gasteiger partial charge in [-0.1, -0.05) is 12.1 Å². The zero-order valence-corrected chi connectivity index (χ0v) is 11.9. The Labute approximate surface area is 120 Å². The summed E-state index contributed by atoms with van der Waals surface area (Å²) in [4.78, 5) is 3.72. The van der Waals surface area contributed by atoms with Gasteiger partial charge in [0.1, 0.15) is 11.5 Å². The number of aromatic nitrogens is 1. The lowest BCUT2D eigenvalue weighted by atomic mass is 10.2. The SMILES string of the molecule is Cc1ccc(F)c(NS(=O)(=O)c2ccc(CN)cn2)c1F. The molecule has 0 aliphatic carbocycles. The summed E-state index contributed by atoms with van der Waals surface area (Å²) >= 11 is 0. The van der Waals surface area contributed by atoms with E-state index in [1.54, 1.807) is 0 Å². The minimum absolute atomic E-state index is 0.125. The van der Waals surface area contributed by atoms with Gasteiger partial charge in [-0.3, -0.25) is 4.72 Å². The van der Waals surface area contributed by atoms with Crippen molar-refractivity contribution in [3.63, 3.8) is 0 Å². The molecule has 0 radical (unpaired) electrons. The Morgan fingerprint density at radius 3 is 2.52 bits per heavy atom. The number of aryl methyl sites for hydroxylation is 1. The second-order valence-electron chi connectivity index (χ2n) is 4.37. The van der Waals surface area contributed by atoms with E-state index in [1.165, 1.54) is 31.3 Å². The van der Waals surface area contributed by atoms with Gasteiger partial charge in [0.05, 0.1) is 0 Å². The Bertz CT molecular complexity index is 762. The van der Waals surface area contributed by atoms with Crippen LogP contribution in [-0.4, -0.2) is 13.4 Å². The average molecular weight is 313 g/mol. The van der Waals surface area contributed by atoms with E-state index in [2.05, 4.69) is 4.98 Å². The van der Waals surface area contributed by atoms with Crippen molar-refractivity contribution in [2.75, 3.05) is 4.72 Å². The summed E-state index contributed by atoms with van der Waals surface area (Å²) < 4.78 is 53.5. The fourth-order valence-corrected chi connectivity index (χ4v) is 2.63. The molecular formula is C13H13F2N3O2S. The van der Waals surface area contributed by atoms with Gasteiger partial charge in [0.25, 0.3) is 10.0 Å². The van der Waals surface area contributed by atoms with E-state index < -0.39 is 27.3 Å². The second-order valence-corrected chi connectivity index (χ2v) is 6.00. The highest BCUT2D eigenvalue weighted by Gasteiger charge is 2.21. The number of hydrogen-bond donors (Lipinski definition) is 2. The van der Waals surface area contributed by atoms with E-state index >= 15 is 0 Å². The van der Waals surface area contributed by atoms with Crippen LogP contribution in [0.5, 0.6) is 0 Å². The summed E-state index contributed by atoms with van der Waals surface area (Å²) in [5.74, 6) is -1.96. The third-order valence-corrected chi connectivity index (χ3v) is 4.09. The molecule has 0 unspecified atom stereocenters. The molecule has 0 aliphatic rings. The maximum Gasteiger partial charge on any atom is 0.279 e. The Balaban J connectivity index is 2.39. The highest BCUT2D eigenvalue weighted by Crippen LogP contribution is 2.24. The van der Waals surface area contributed by atoms with Crippen LogP contribution in [0.1, 0.15) is 11.1 Å². The number of hydrogen-bond acceptors (Lipinski definition) is 4. The predicted octanol–water partition coefficient (Wildman–Crippen LogP) is 1.93. The summed E-state index contributed by atoms with van der Waals surface area (Å²) in [5.41, 5.74) is 5.43. The van der Waals surface area contributed by atoms with Crippen LogP contribution in [0.15, 0.2) is 35.5 Å². The molecule has 2 aromatic rings. The molecule has 0 fully saturated rings. The third kappa shape index (κ3) is 3.17.